The molecule has 0 unspecified atom stereocenters. The van der Waals surface area contributed by atoms with Gasteiger partial charge in [0.05, 0.1) is 0 Å². The molecule has 0 aliphatic rings. The smallest absolute Gasteiger partial charge is 0.251 e. The molecule has 1 rings (SSSR count). The maximum absolute atomic E-state index is 11.4. The predicted octanol–water partition coefficient (Wildman–Crippen LogP) is 2.50. The summed E-state index contributed by atoms with van der Waals surface area (Å²) in [5.74, 6) is -0.0478. The summed E-state index contributed by atoms with van der Waals surface area (Å²) in [4.78, 5) is 11.4. The van der Waals surface area contributed by atoms with E-state index in [4.69, 9.17) is 11.6 Å². The van der Waals surface area contributed by atoms with Crippen LogP contribution in [0.2, 0.25) is 5.02 Å². The van der Waals surface area contributed by atoms with Gasteiger partial charge < -0.3 is 5.32 Å². The summed E-state index contributed by atoms with van der Waals surface area (Å²) in [5.41, 5.74) is 0.647. The topological polar surface area (TPSA) is 29.1 Å². The molecule has 0 saturated heterocycles. The molecule has 0 atom stereocenters. The van der Waals surface area contributed by atoms with Crippen LogP contribution < -0.4 is 5.32 Å². The second-order valence-corrected chi connectivity index (χ2v) is 3.97. The average Bonchev–Trinajstić information content (AvgIpc) is 2.15. The maximum atomic E-state index is 11.4. The number of nitrogens with one attached hydrogen (secondary N) is 1. The van der Waals surface area contributed by atoms with Crippen molar-refractivity contribution >= 4 is 40.1 Å². The molecule has 1 N–H and O–H groups in total. The number of halogens is 2. The van der Waals surface area contributed by atoms with E-state index in [-0.39, 0.29) is 5.91 Å². The molecule has 4 heteroatoms. The lowest BCUT2D eigenvalue weighted by atomic mass is 10.2. The van der Waals surface area contributed by atoms with Gasteiger partial charge in [-0.2, -0.15) is 0 Å². The van der Waals surface area contributed by atoms with Gasteiger partial charge in [0.2, 0.25) is 0 Å². The molecular weight excluding hydrogens is 300 g/mol. The van der Waals surface area contributed by atoms with Gasteiger partial charge in [-0.25, -0.2) is 0 Å². The van der Waals surface area contributed by atoms with Crippen molar-refractivity contribution in [2.24, 2.45) is 0 Å². The van der Waals surface area contributed by atoms with E-state index < -0.39 is 0 Å². The monoisotopic (exact) mass is 309 g/mol. The number of hydrogen-bond acceptors (Lipinski definition) is 1. The van der Waals surface area contributed by atoms with Crippen LogP contribution in [0.25, 0.3) is 0 Å². The van der Waals surface area contributed by atoms with Crippen LogP contribution in [0.3, 0.4) is 0 Å². The Balaban J connectivity index is 2.61. The molecule has 0 radical (unpaired) electrons. The molecule has 0 spiro atoms. The van der Waals surface area contributed by atoms with Crippen LogP contribution >= 0.6 is 34.2 Å². The molecule has 0 aromatic heterocycles. The van der Waals surface area contributed by atoms with Gasteiger partial charge in [0.15, 0.2) is 0 Å². The number of rotatable bonds is 3. The van der Waals surface area contributed by atoms with Gasteiger partial charge in [0.25, 0.3) is 5.91 Å². The fourth-order valence-electron chi connectivity index (χ4n) is 0.864. The normalized spacial score (nSPS) is 9.69. The number of alkyl halides is 1. The van der Waals surface area contributed by atoms with Crippen molar-refractivity contribution in [1.82, 2.24) is 5.32 Å². The first-order valence-electron chi connectivity index (χ1n) is 3.84. The minimum Gasteiger partial charge on any atom is -0.351 e. The zero-order chi connectivity index (χ0) is 9.68. The Morgan fingerprint density at radius 3 is 2.54 bits per heavy atom. The minimum atomic E-state index is -0.0478. The Labute approximate surface area is 95.8 Å². The highest BCUT2D eigenvalue weighted by Gasteiger charge is 2.02. The van der Waals surface area contributed by atoms with E-state index in [1.165, 1.54) is 0 Å². The molecule has 1 aromatic rings. The van der Waals surface area contributed by atoms with Gasteiger partial charge in [-0.15, -0.1) is 0 Å². The number of hydrogen-bond donors (Lipinski definition) is 1. The lowest BCUT2D eigenvalue weighted by Crippen LogP contribution is -2.24. The highest BCUT2D eigenvalue weighted by Crippen LogP contribution is 2.09. The largest absolute Gasteiger partial charge is 0.351 e. The van der Waals surface area contributed by atoms with E-state index in [1.807, 2.05) is 0 Å². The zero-order valence-electron chi connectivity index (χ0n) is 6.89. The Kier molecular flexibility index (Phi) is 4.52. The second-order valence-electron chi connectivity index (χ2n) is 2.45. The van der Waals surface area contributed by atoms with Crippen molar-refractivity contribution in [2.45, 2.75) is 0 Å². The third kappa shape index (κ3) is 3.52. The fraction of sp³-hybridized carbons (Fsp3) is 0.222. The van der Waals surface area contributed by atoms with Gasteiger partial charge in [0, 0.05) is 21.6 Å². The summed E-state index contributed by atoms with van der Waals surface area (Å²) < 4.78 is 0.914. The standard InChI is InChI=1S/C9H9ClINO/c10-8-3-1-7(2-4-8)9(13)12-6-5-11/h1-4H,5-6H2,(H,12,13). The van der Waals surface area contributed by atoms with Crippen LogP contribution in [0.1, 0.15) is 10.4 Å². The van der Waals surface area contributed by atoms with Gasteiger partial charge in [-0.1, -0.05) is 34.2 Å². The first kappa shape index (κ1) is 10.8. The van der Waals surface area contributed by atoms with Crippen molar-refractivity contribution in [2.75, 3.05) is 11.0 Å². The third-order valence-corrected chi connectivity index (χ3v) is 2.28. The number of amides is 1. The van der Waals surface area contributed by atoms with E-state index in [2.05, 4.69) is 27.9 Å². The average molecular weight is 310 g/mol. The van der Waals surface area contributed by atoms with Crippen molar-refractivity contribution < 1.29 is 4.79 Å². The molecule has 0 fully saturated rings. The molecular formula is C9H9ClINO. The molecule has 1 amide bonds. The summed E-state index contributed by atoms with van der Waals surface area (Å²) in [7, 11) is 0. The maximum Gasteiger partial charge on any atom is 0.251 e. The summed E-state index contributed by atoms with van der Waals surface area (Å²) in [5, 5.41) is 3.42. The predicted molar refractivity (Wildman–Crippen MR) is 62.7 cm³/mol. The van der Waals surface area contributed by atoms with Gasteiger partial charge in [0.1, 0.15) is 0 Å². The molecule has 0 heterocycles. The second kappa shape index (κ2) is 5.44. The lowest BCUT2D eigenvalue weighted by molar-refractivity contribution is 0.0956. The Morgan fingerprint density at radius 2 is 2.00 bits per heavy atom. The Hall–Kier alpha value is -0.290. The van der Waals surface area contributed by atoms with Gasteiger partial charge >= 0.3 is 0 Å². The highest BCUT2D eigenvalue weighted by atomic mass is 127. The quantitative estimate of drug-likeness (QED) is 0.674. The first-order valence-corrected chi connectivity index (χ1v) is 5.74. The molecule has 0 aliphatic carbocycles. The van der Waals surface area contributed by atoms with Crippen LogP contribution in [-0.4, -0.2) is 16.9 Å². The summed E-state index contributed by atoms with van der Waals surface area (Å²) in [6.45, 7) is 0.696. The lowest BCUT2D eigenvalue weighted by Gasteiger charge is -2.02. The van der Waals surface area contributed by atoms with E-state index in [1.54, 1.807) is 24.3 Å². The minimum absolute atomic E-state index is 0.0478. The first-order chi connectivity index (χ1) is 6.24. The van der Waals surface area contributed by atoms with Crippen LogP contribution in [-0.2, 0) is 0 Å². The van der Waals surface area contributed by atoms with E-state index in [0.717, 1.165) is 4.43 Å². The number of carbonyl (C=O) groups is 1. The molecule has 1 aromatic carbocycles. The van der Waals surface area contributed by atoms with Crippen LogP contribution in [0.4, 0.5) is 0 Å². The zero-order valence-corrected chi connectivity index (χ0v) is 9.80. The Bertz CT molecular complexity index is 286. The van der Waals surface area contributed by atoms with E-state index in [9.17, 15) is 4.79 Å². The number of carbonyl (C=O) groups excluding carboxylic acids is 1. The molecule has 0 bridgehead atoms. The van der Waals surface area contributed by atoms with Gasteiger partial charge in [-0.05, 0) is 24.3 Å². The SMILES string of the molecule is O=C(NCCI)c1ccc(Cl)cc1. The van der Waals surface area contributed by atoms with E-state index >= 15 is 0 Å². The van der Waals surface area contributed by atoms with Crippen molar-refractivity contribution in [3.05, 3.63) is 34.9 Å². The summed E-state index contributed by atoms with van der Waals surface area (Å²) in [6, 6.07) is 6.84. The molecule has 70 valence electrons. The van der Waals surface area contributed by atoms with Crippen LogP contribution in [0.15, 0.2) is 24.3 Å². The molecule has 2 nitrogen and oxygen atoms in total. The number of benzene rings is 1. The molecule has 0 saturated carbocycles. The summed E-state index contributed by atoms with van der Waals surface area (Å²) in [6.07, 6.45) is 0. The van der Waals surface area contributed by atoms with Crippen molar-refractivity contribution in [1.29, 1.82) is 0 Å². The summed E-state index contributed by atoms with van der Waals surface area (Å²) >= 11 is 7.90. The van der Waals surface area contributed by atoms with Gasteiger partial charge in [-0.3, -0.25) is 4.79 Å². The van der Waals surface area contributed by atoms with E-state index in [0.29, 0.717) is 17.1 Å². The Morgan fingerprint density at radius 1 is 1.38 bits per heavy atom. The van der Waals surface area contributed by atoms with Crippen LogP contribution in [0, 0.1) is 0 Å². The third-order valence-electron chi connectivity index (χ3n) is 1.49. The molecule has 0 aliphatic heterocycles. The van der Waals surface area contributed by atoms with Crippen molar-refractivity contribution in [3.8, 4) is 0 Å². The van der Waals surface area contributed by atoms with Crippen LogP contribution in [0.5, 0.6) is 0 Å². The highest BCUT2D eigenvalue weighted by molar-refractivity contribution is 14.1. The fourth-order valence-corrected chi connectivity index (χ4v) is 1.26. The van der Waals surface area contributed by atoms with Crippen molar-refractivity contribution in [3.63, 3.8) is 0 Å². The molecule has 13 heavy (non-hydrogen) atoms.